The van der Waals surface area contributed by atoms with Gasteiger partial charge in [-0.15, -0.1) is 0 Å². The molecule has 4 atom stereocenters. The molecule has 0 bridgehead atoms. The van der Waals surface area contributed by atoms with Crippen molar-refractivity contribution in [2.45, 2.75) is 71.4 Å². The van der Waals surface area contributed by atoms with Gasteiger partial charge in [-0.1, -0.05) is 33.6 Å². The first-order chi connectivity index (χ1) is 10.2. The van der Waals surface area contributed by atoms with Crippen LogP contribution < -0.4 is 5.32 Å². The molecule has 0 spiro atoms. The molecule has 21 heavy (non-hydrogen) atoms. The molecule has 1 saturated carbocycles. The van der Waals surface area contributed by atoms with E-state index in [4.69, 9.17) is 4.74 Å². The van der Waals surface area contributed by atoms with Crippen LogP contribution in [0, 0.1) is 11.8 Å². The molecular formula is C18H36N2O. The first-order valence-electron chi connectivity index (χ1n) is 9.31. The zero-order chi connectivity index (χ0) is 15.1. The predicted octanol–water partition coefficient (Wildman–Crippen LogP) is 3.29. The number of hydrogen-bond acceptors (Lipinski definition) is 3. The van der Waals surface area contributed by atoms with E-state index in [1.54, 1.807) is 0 Å². The Morgan fingerprint density at radius 2 is 2.10 bits per heavy atom. The maximum atomic E-state index is 6.20. The molecule has 2 rings (SSSR count). The third-order valence-electron chi connectivity index (χ3n) is 5.23. The number of ether oxygens (including phenoxy) is 1. The second-order valence-electron chi connectivity index (χ2n) is 7.22. The van der Waals surface area contributed by atoms with Gasteiger partial charge < -0.3 is 10.1 Å². The van der Waals surface area contributed by atoms with E-state index in [1.807, 2.05) is 0 Å². The second-order valence-corrected chi connectivity index (χ2v) is 7.22. The maximum absolute atomic E-state index is 6.20. The average molecular weight is 296 g/mol. The Bertz CT molecular complexity index is 282. The fraction of sp³-hybridized carbons (Fsp3) is 1.00. The lowest BCUT2D eigenvalue weighted by Crippen LogP contribution is -2.55. The van der Waals surface area contributed by atoms with Crippen LogP contribution in [0.1, 0.15) is 59.3 Å². The summed E-state index contributed by atoms with van der Waals surface area (Å²) >= 11 is 0. The molecule has 0 amide bonds. The van der Waals surface area contributed by atoms with Gasteiger partial charge in [-0.3, -0.25) is 4.90 Å². The number of nitrogens with one attached hydrogen (secondary N) is 1. The van der Waals surface area contributed by atoms with E-state index < -0.39 is 0 Å². The lowest BCUT2D eigenvalue weighted by molar-refractivity contribution is -0.0607. The van der Waals surface area contributed by atoms with Crippen LogP contribution in [-0.4, -0.2) is 49.8 Å². The zero-order valence-corrected chi connectivity index (χ0v) is 14.4. The van der Waals surface area contributed by atoms with E-state index in [9.17, 15) is 0 Å². The Hall–Kier alpha value is -0.120. The van der Waals surface area contributed by atoms with Gasteiger partial charge in [-0.05, 0) is 50.6 Å². The third-order valence-corrected chi connectivity index (χ3v) is 5.23. The minimum absolute atomic E-state index is 0.396. The summed E-state index contributed by atoms with van der Waals surface area (Å²) in [6, 6.07) is 0.562. The molecule has 124 valence electrons. The molecule has 0 aromatic rings. The van der Waals surface area contributed by atoms with Crippen molar-refractivity contribution in [3.63, 3.8) is 0 Å². The number of nitrogens with zero attached hydrogens (tertiary/aromatic N) is 1. The summed E-state index contributed by atoms with van der Waals surface area (Å²) in [6.45, 7) is 12.5. The number of morpholine rings is 1. The summed E-state index contributed by atoms with van der Waals surface area (Å²) in [7, 11) is 0. The molecule has 0 radical (unpaired) electrons. The minimum Gasteiger partial charge on any atom is -0.374 e. The van der Waals surface area contributed by atoms with Crippen LogP contribution >= 0.6 is 0 Å². The summed E-state index contributed by atoms with van der Waals surface area (Å²) in [5.41, 5.74) is 0. The predicted molar refractivity (Wildman–Crippen MR) is 89.7 cm³/mol. The molecule has 1 heterocycles. The Morgan fingerprint density at radius 3 is 2.81 bits per heavy atom. The van der Waals surface area contributed by atoms with Crippen LogP contribution in [-0.2, 0) is 4.74 Å². The highest BCUT2D eigenvalue weighted by Crippen LogP contribution is 2.33. The Kier molecular flexibility index (Phi) is 7.48. The van der Waals surface area contributed by atoms with Gasteiger partial charge in [0.05, 0.1) is 12.7 Å². The van der Waals surface area contributed by atoms with Crippen molar-refractivity contribution in [1.29, 1.82) is 0 Å². The lowest BCUT2D eigenvalue weighted by atomic mass is 9.76. The zero-order valence-electron chi connectivity index (χ0n) is 14.4. The van der Waals surface area contributed by atoms with E-state index in [-0.39, 0.29) is 0 Å². The molecule has 1 saturated heterocycles. The largest absolute Gasteiger partial charge is 0.374 e. The van der Waals surface area contributed by atoms with Crippen LogP contribution in [0.3, 0.4) is 0 Å². The molecular weight excluding hydrogens is 260 g/mol. The standard InChI is InChI=1S/C18H36N2O/c1-4-9-19-18(16-8-6-7-15(3)13-16)17-14-20(10-5-2)11-12-21-17/h15-19H,4-14H2,1-3H3. The van der Waals surface area contributed by atoms with Crippen molar-refractivity contribution >= 4 is 0 Å². The van der Waals surface area contributed by atoms with Gasteiger partial charge in [0.2, 0.25) is 0 Å². The fourth-order valence-electron chi connectivity index (χ4n) is 4.19. The van der Waals surface area contributed by atoms with Gasteiger partial charge in [0.15, 0.2) is 0 Å². The topological polar surface area (TPSA) is 24.5 Å². The fourth-order valence-corrected chi connectivity index (χ4v) is 4.19. The van der Waals surface area contributed by atoms with Crippen LogP contribution in [0.25, 0.3) is 0 Å². The SMILES string of the molecule is CCCNC(C1CCCC(C)C1)C1CN(CCC)CCO1. The van der Waals surface area contributed by atoms with Gasteiger partial charge in [-0.25, -0.2) is 0 Å². The maximum Gasteiger partial charge on any atom is 0.0857 e. The summed E-state index contributed by atoms with van der Waals surface area (Å²) in [5, 5.41) is 3.84. The molecule has 1 aliphatic carbocycles. The molecule has 1 N–H and O–H groups in total. The highest BCUT2D eigenvalue weighted by molar-refractivity contribution is 4.90. The van der Waals surface area contributed by atoms with Crippen molar-refractivity contribution in [2.24, 2.45) is 11.8 Å². The molecule has 3 nitrogen and oxygen atoms in total. The van der Waals surface area contributed by atoms with Gasteiger partial charge in [0.1, 0.15) is 0 Å². The molecule has 4 unspecified atom stereocenters. The highest BCUT2D eigenvalue weighted by Gasteiger charge is 2.34. The van der Waals surface area contributed by atoms with E-state index in [1.165, 1.54) is 45.1 Å². The van der Waals surface area contributed by atoms with E-state index in [2.05, 4.69) is 31.0 Å². The normalized spacial score (nSPS) is 33.0. The summed E-state index contributed by atoms with van der Waals surface area (Å²) in [6.07, 6.45) is 8.46. The van der Waals surface area contributed by atoms with Crippen molar-refractivity contribution in [3.8, 4) is 0 Å². The molecule has 0 aromatic carbocycles. The second kappa shape index (κ2) is 9.12. The quantitative estimate of drug-likeness (QED) is 0.780. The summed E-state index contributed by atoms with van der Waals surface area (Å²) in [5.74, 6) is 1.71. The Balaban J connectivity index is 1.96. The Morgan fingerprint density at radius 1 is 1.24 bits per heavy atom. The molecule has 1 aliphatic heterocycles. The van der Waals surface area contributed by atoms with Gasteiger partial charge >= 0.3 is 0 Å². The van der Waals surface area contributed by atoms with Gasteiger partial charge in [0, 0.05) is 19.1 Å². The summed E-state index contributed by atoms with van der Waals surface area (Å²) in [4.78, 5) is 2.60. The van der Waals surface area contributed by atoms with Crippen molar-refractivity contribution in [2.75, 3.05) is 32.8 Å². The van der Waals surface area contributed by atoms with Crippen LogP contribution in [0.4, 0.5) is 0 Å². The van der Waals surface area contributed by atoms with Crippen LogP contribution in [0.2, 0.25) is 0 Å². The third kappa shape index (κ3) is 5.22. The number of hydrogen-bond donors (Lipinski definition) is 1. The molecule has 3 heteroatoms. The van der Waals surface area contributed by atoms with Crippen molar-refractivity contribution < 1.29 is 4.74 Å². The smallest absolute Gasteiger partial charge is 0.0857 e. The van der Waals surface area contributed by atoms with E-state index in [0.717, 1.165) is 38.1 Å². The van der Waals surface area contributed by atoms with Crippen LogP contribution in [0.15, 0.2) is 0 Å². The minimum atomic E-state index is 0.396. The molecule has 0 aromatic heterocycles. The first-order valence-corrected chi connectivity index (χ1v) is 9.31. The molecule has 2 aliphatic rings. The van der Waals surface area contributed by atoms with E-state index in [0.29, 0.717) is 12.1 Å². The average Bonchev–Trinajstić information content (AvgIpc) is 2.49. The van der Waals surface area contributed by atoms with Gasteiger partial charge in [-0.2, -0.15) is 0 Å². The molecule has 2 fully saturated rings. The highest BCUT2D eigenvalue weighted by atomic mass is 16.5. The summed E-state index contributed by atoms with van der Waals surface area (Å²) < 4.78 is 6.20. The number of rotatable bonds is 7. The first kappa shape index (κ1) is 17.2. The lowest BCUT2D eigenvalue weighted by Gasteiger charge is -2.42. The van der Waals surface area contributed by atoms with Crippen molar-refractivity contribution in [3.05, 3.63) is 0 Å². The Labute approximate surface area is 131 Å². The monoisotopic (exact) mass is 296 g/mol. The van der Waals surface area contributed by atoms with Crippen molar-refractivity contribution in [1.82, 2.24) is 10.2 Å². The van der Waals surface area contributed by atoms with Crippen LogP contribution in [0.5, 0.6) is 0 Å². The van der Waals surface area contributed by atoms with E-state index >= 15 is 0 Å². The van der Waals surface area contributed by atoms with Gasteiger partial charge in [0.25, 0.3) is 0 Å².